The van der Waals surface area contributed by atoms with Crippen molar-refractivity contribution in [2.75, 3.05) is 0 Å². The number of rotatable bonds is 11. The van der Waals surface area contributed by atoms with Crippen molar-refractivity contribution in [3.8, 4) is 0 Å². The van der Waals surface area contributed by atoms with Crippen LogP contribution in [0, 0.1) is 5.39 Å². The van der Waals surface area contributed by atoms with E-state index >= 15 is 0 Å². The van der Waals surface area contributed by atoms with Gasteiger partial charge in [-0.05, 0) is 6.42 Å². The summed E-state index contributed by atoms with van der Waals surface area (Å²) in [5.74, 6) is 0. The first-order valence-corrected chi connectivity index (χ1v) is 8.27. The summed E-state index contributed by atoms with van der Waals surface area (Å²) in [5, 5.41) is 9.13. The maximum absolute atomic E-state index is 9.13. The normalized spacial score (nSPS) is 12.0. The summed E-state index contributed by atoms with van der Waals surface area (Å²) >= 11 is 0. The zero-order chi connectivity index (χ0) is 14.5. The largest absolute Gasteiger partial charge is 0.339 e. The molecular formula is C18H29N2+. The van der Waals surface area contributed by atoms with Crippen molar-refractivity contribution >= 4 is 0 Å². The molecule has 0 heterocycles. The summed E-state index contributed by atoms with van der Waals surface area (Å²) in [5.41, 5.74) is 1.12. The van der Waals surface area contributed by atoms with Gasteiger partial charge >= 0.3 is 6.04 Å². The van der Waals surface area contributed by atoms with Gasteiger partial charge in [0.1, 0.15) is 4.98 Å². The molecule has 1 aromatic rings. The van der Waals surface area contributed by atoms with E-state index in [-0.39, 0.29) is 6.04 Å². The van der Waals surface area contributed by atoms with E-state index in [0.717, 1.165) is 18.4 Å². The number of nitrogens with zero attached hydrogens (tertiary/aromatic N) is 2. The molecule has 2 nitrogen and oxygen atoms in total. The average molecular weight is 273 g/mol. The summed E-state index contributed by atoms with van der Waals surface area (Å²) in [6.45, 7) is 2.26. The molecule has 20 heavy (non-hydrogen) atoms. The number of hydrogen-bond acceptors (Lipinski definition) is 1. The van der Waals surface area contributed by atoms with Gasteiger partial charge in [-0.25, -0.2) is 0 Å². The van der Waals surface area contributed by atoms with Crippen molar-refractivity contribution in [1.82, 2.24) is 0 Å². The van der Waals surface area contributed by atoms with Crippen molar-refractivity contribution in [3.63, 3.8) is 0 Å². The van der Waals surface area contributed by atoms with Crippen LogP contribution in [0.3, 0.4) is 0 Å². The first-order chi connectivity index (χ1) is 9.88. The molecule has 0 radical (unpaired) electrons. The highest BCUT2D eigenvalue weighted by atomic mass is 14.9. The highest BCUT2D eigenvalue weighted by Gasteiger charge is 2.21. The van der Waals surface area contributed by atoms with Gasteiger partial charge in [0.05, 0.1) is 0 Å². The number of hydrogen-bond donors (Lipinski definition) is 0. The molecule has 0 spiro atoms. The van der Waals surface area contributed by atoms with Crippen LogP contribution in [0.2, 0.25) is 0 Å². The SMILES string of the molecule is CCCCCCCCCCCC([N+]#N)c1ccccc1. The molecule has 0 aromatic heterocycles. The van der Waals surface area contributed by atoms with Gasteiger partial charge in [0.25, 0.3) is 0 Å². The van der Waals surface area contributed by atoms with Gasteiger partial charge in [-0.2, -0.15) is 0 Å². The van der Waals surface area contributed by atoms with Crippen molar-refractivity contribution in [1.29, 1.82) is 5.39 Å². The summed E-state index contributed by atoms with van der Waals surface area (Å²) in [4.78, 5) is 3.53. The highest BCUT2D eigenvalue weighted by Crippen LogP contribution is 2.24. The molecular weight excluding hydrogens is 244 g/mol. The van der Waals surface area contributed by atoms with E-state index in [2.05, 4.69) is 11.9 Å². The van der Waals surface area contributed by atoms with Crippen molar-refractivity contribution in [2.45, 2.75) is 77.2 Å². The van der Waals surface area contributed by atoms with Crippen molar-refractivity contribution in [2.24, 2.45) is 0 Å². The third kappa shape index (κ3) is 7.28. The van der Waals surface area contributed by atoms with Crippen LogP contribution in [0.4, 0.5) is 0 Å². The Morgan fingerprint density at radius 1 is 0.850 bits per heavy atom. The van der Waals surface area contributed by atoms with Crippen molar-refractivity contribution in [3.05, 3.63) is 40.9 Å². The van der Waals surface area contributed by atoms with Crippen LogP contribution >= 0.6 is 0 Å². The third-order valence-corrected chi connectivity index (χ3v) is 3.90. The Hall–Kier alpha value is -1.36. The zero-order valence-electron chi connectivity index (χ0n) is 12.9. The summed E-state index contributed by atoms with van der Waals surface area (Å²) < 4.78 is 0. The number of benzene rings is 1. The highest BCUT2D eigenvalue weighted by molar-refractivity contribution is 5.20. The Morgan fingerprint density at radius 2 is 1.40 bits per heavy atom. The van der Waals surface area contributed by atoms with E-state index in [1.54, 1.807) is 0 Å². The van der Waals surface area contributed by atoms with E-state index < -0.39 is 0 Å². The van der Waals surface area contributed by atoms with Gasteiger partial charge in [-0.15, -0.1) is 0 Å². The van der Waals surface area contributed by atoms with Gasteiger partial charge in [0, 0.05) is 12.0 Å². The minimum absolute atomic E-state index is 0.0410. The van der Waals surface area contributed by atoms with Gasteiger partial charge < -0.3 is 0 Å². The van der Waals surface area contributed by atoms with Crippen LogP contribution in [0.15, 0.2) is 30.3 Å². The fourth-order valence-electron chi connectivity index (χ4n) is 2.61. The maximum atomic E-state index is 9.13. The van der Waals surface area contributed by atoms with Gasteiger partial charge in [-0.1, -0.05) is 88.6 Å². The molecule has 1 aromatic carbocycles. The van der Waals surface area contributed by atoms with Gasteiger partial charge in [-0.3, -0.25) is 0 Å². The van der Waals surface area contributed by atoms with E-state index in [1.807, 2.05) is 30.3 Å². The summed E-state index contributed by atoms with van der Waals surface area (Å²) in [6, 6.07) is 10.0. The molecule has 0 fully saturated rings. The lowest BCUT2D eigenvalue weighted by atomic mass is 10.00. The van der Waals surface area contributed by atoms with E-state index in [0.29, 0.717) is 0 Å². The minimum Gasteiger partial charge on any atom is -0.0654 e. The minimum atomic E-state index is -0.0410. The topological polar surface area (TPSA) is 28.1 Å². The van der Waals surface area contributed by atoms with Crippen LogP contribution in [0.1, 0.15) is 82.7 Å². The van der Waals surface area contributed by atoms with Crippen LogP contribution < -0.4 is 0 Å². The average Bonchev–Trinajstić information content (AvgIpc) is 2.50. The zero-order valence-corrected chi connectivity index (χ0v) is 12.9. The maximum Gasteiger partial charge on any atom is 0.339 e. The van der Waals surface area contributed by atoms with Crippen molar-refractivity contribution < 1.29 is 0 Å². The molecule has 110 valence electrons. The van der Waals surface area contributed by atoms with E-state index in [4.69, 9.17) is 5.39 Å². The lowest BCUT2D eigenvalue weighted by molar-refractivity contribution is 0.546. The Kier molecular flexibility index (Phi) is 9.57. The molecule has 0 amide bonds. The monoisotopic (exact) mass is 273 g/mol. The molecule has 0 aliphatic heterocycles. The second-order valence-corrected chi connectivity index (χ2v) is 5.66. The smallest absolute Gasteiger partial charge is 0.0654 e. The lowest BCUT2D eigenvalue weighted by Crippen LogP contribution is -1.93. The third-order valence-electron chi connectivity index (χ3n) is 3.90. The first-order valence-electron chi connectivity index (χ1n) is 8.27. The summed E-state index contributed by atoms with van der Waals surface area (Å²) in [6.07, 6.45) is 12.9. The van der Waals surface area contributed by atoms with Crippen LogP contribution in [-0.4, -0.2) is 0 Å². The Balaban J connectivity index is 2.04. The predicted molar refractivity (Wildman–Crippen MR) is 86.1 cm³/mol. The quantitative estimate of drug-likeness (QED) is 0.334. The Labute approximate surface area is 124 Å². The summed E-state index contributed by atoms with van der Waals surface area (Å²) in [7, 11) is 0. The number of diazo groups is 1. The molecule has 0 saturated heterocycles. The fourth-order valence-corrected chi connectivity index (χ4v) is 2.61. The first kappa shape index (κ1) is 16.7. The van der Waals surface area contributed by atoms with Gasteiger partial charge in [0.2, 0.25) is 5.39 Å². The molecule has 0 bridgehead atoms. The molecule has 1 atom stereocenters. The second kappa shape index (κ2) is 11.5. The molecule has 2 heteroatoms. The lowest BCUT2D eigenvalue weighted by Gasteiger charge is -2.02. The van der Waals surface area contributed by atoms with Crippen LogP contribution in [0.5, 0.6) is 0 Å². The van der Waals surface area contributed by atoms with Gasteiger partial charge in [0.15, 0.2) is 0 Å². The standard InChI is InChI=1S/C18H29N2/c1-2-3-4-5-6-7-8-9-13-16-18(20-19)17-14-11-10-12-15-17/h10-12,14-15,18H,2-9,13,16H2,1H3/q+1. The Bertz CT molecular complexity index is 367. The molecule has 1 rings (SSSR count). The van der Waals surface area contributed by atoms with Crippen LogP contribution in [0.25, 0.3) is 4.98 Å². The molecule has 0 aliphatic carbocycles. The molecule has 0 N–H and O–H groups in total. The predicted octanol–water partition coefficient (Wildman–Crippen LogP) is 6.50. The van der Waals surface area contributed by atoms with E-state index in [9.17, 15) is 0 Å². The fraction of sp³-hybridized carbons (Fsp3) is 0.667. The molecule has 0 aliphatic rings. The second-order valence-electron chi connectivity index (χ2n) is 5.66. The number of unbranched alkanes of at least 4 members (excludes halogenated alkanes) is 8. The Morgan fingerprint density at radius 3 is 1.95 bits per heavy atom. The van der Waals surface area contributed by atoms with E-state index in [1.165, 1.54) is 51.4 Å². The molecule has 1 unspecified atom stereocenters. The molecule has 0 saturated carbocycles. The van der Waals surface area contributed by atoms with Crippen LogP contribution in [-0.2, 0) is 0 Å².